The lowest BCUT2D eigenvalue weighted by molar-refractivity contribution is 0.221. The molecule has 0 aliphatic rings. The monoisotopic (exact) mass is 417 g/mol. The summed E-state index contributed by atoms with van der Waals surface area (Å²) in [6, 6.07) is 15.2. The Hall–Kier alpha value is -1.69. The molecule has 0 aliphatic heterocycles. The number of halogens is 2. The van der Waals surface area contributed by atoms with E-state index in [1.54, 1.807) is 23.7 Å². The van der Waals surface area contributed by atoms with Crippen LogP contribution in [-0.2, 0) is 0 Å². The number of rotatable bonds is 4. The van der Waals surface area contributed by atoms with Gasteiger partial charge in [0.25, 0.3) is 0 Å². The maximum atomic E-state index is 11.1. The Morgan fingerprint density at radius 3 is 2.62 bits per heavy atom. The van der Waals surface area contributed by atoms with E-state index in [-0.39, 0.29) is 0 Å². The van der Waals surface area contributed by atoms with E-state index in [1.165, 1.54) is 11.3 Å². The number of hydrogen-bond acceptors (Lipinski definition) is 4. The Kier molecular flexibility index (Phi) is 5.11. The zero-order valence-corrected chi connectivity index (χ0v) is 16.5. The second kappa shape index (κ2) is 7.51. The minimum absolute atomic E-state index is 0.663. The molecular weight excluding hydrogens is 405 g/mol. The molecule has 4 aromatic rings. The zero-order valence-electron chi connectivity index (χ0n) is 13.4. The molecule has 0 saturated carbocycles. The van der Waals surface area contributed by atoms with Gasteiger partial charge < -0.3 is 5.11 Å². The Labute approximate surface area is 169 Å². The summed E-state index contributed by atoms with van der Waals surface area (Å²) in [7, 11) is 0. The van der Waals surface area contributed by atoms with Crippen LogP contribution < -0.4 is 0 Å². The van der Waals surface area contributed by atoms with E-state index in [0.29, 0.717) is 5.02 Å². The van der Waals surface area contributed by atoms with Crippen molar-refractivity contribution in [3.05, 3.63) is 86.8 Å². The first kappa shape index (κ1) is 17.7. The van der Waals surface area contributed by atoms with Crippen LogP contribution in [0.1, 0.15) is 17.2 Å². The maximum absolute atomic E-state index is 11.1. The molecule has 4 rings (SSSR count). The van der Waals surface area contributed by atoms with Gasteiger partial charge in [0.15, 0.2) is 0 Å². The highest BCUT2D eigenvalue weighted by molar-refractivity contribution is 7.23. The Morgan fingerprint density at radius 2 is 1.92 bits per heavy atom. The molecule has 1 N–H and O–H groups in total. The number of hydrogen-bond donors (Lipinski definition) is 1. The molecule has 0 spiro atoms. The molecule has 0 fully saturated rings. The smallest absolute Gasteiger partial charge is 0.108 e. The third kappa shape index (κ3) is 3.43. The van der Waals surface area contributed by atoms with Crippen LogP contribution in [0.15, 0.2) is 66.3 Å². The first-order valence-corrected chi connectivity index (χ1v) is 10.3. The van der Waals surface area contributed by atoms with Crippen molar-refractivity contribution in [2.45, 2.75) is 6.10 Å². The predicted molar refractivity (Wildman–Crippen MR) is 111 cm³/mol. The number of thiophene rings is 2. The van der Waals surface area contributed by atoms with Crippen LogP contribution in [0.5, 0.6) is 0 Å². The standard InChI is InChI=1S/C20H13Cl2NOS2/c21-14-5-1-3-12(9-14)15-11-25-20(16-6-7-17(22)26-16)18(15)19(24)13-4-2-8-23-10-13/h1-11,19,24H. The molecule has 3 aromatic heterocycles. The first-order chi connectivity index (χ1) is 12.6. The topological polar surface area (TPSA) is 33.1 Å². The van der Waals surface area contributed by atoms with Crippen molar-refractivity contribution in [2.75, 3.05) is 0 Å². The number of pyridine rings is 1. The molecule has 1 aromatic carbocycles. The van der Waals surface area contributed by atoms with Crippen LogP contribution in [0.4, 0.5) is 0 Å². The summed E-state index contributed by atoms with van der Waals surface area (Å²) < 4.78 is 0.722. The van der Waals surface area contributed by atoms with Gasteiger partial charge in [0.05, 0.1) is 9.21 Å². The van der Waals surface area contributed by atoms with E-state index in [0.717, 1.165) is 36.3 Å². The fraction of sp³-hybridized carbons (Fsp3) is 0.0500. The summed E-state index contributed by atoms with van der Waals surface area (Å²) in [5.74, 6) is 0. The van der Waals surface area contributed by atoms with Gasteiger partial charge in [-0.1, -0.05) is 41.4 Å². The molecule has 3 heterocycles. The number of aliphatic hydroxyl groups excluding tert-OH is 1. The number of benzene rings is 1. The maximum Gasteiger partial charge on any atom is 0.108 e. The SMILES string of the molecule is OC(c1cccnc1)c1c(-c2cccc(Cl)c2)csc1-c1ccc(Cl)s1. The molecule has 6 heteroatoms. The molecule has 2 nitrogen and oxygen atoms in total. The molecule has 1 atom stereocenters. The molecule has 0 aliphatic carbocycles. The summed E-state index contributed by atoms with van der Waals surface area (Å²) in [5.41, 5.74) is 3.54. The third-order valence-corrected chi connectivity index (χ3v) is 6.68. The average molecular weight is 418 g/mol. The zero-order chi connectivity index (χ0) is 18.1. The molecule has 0 radical (unpaired) electrons. The van der Waals surface area contributed by atoms with Gasteiger partial charge in [0.1, 0.15) is 6.10 Å². The molecule has 130 valence electrons. The summed E-state index contributed by atoms with van der Waals surface area (Å²) in [6.07, 6.45) is 2.59. The van der Waals surface area contributed by atoms with E-state index in [4.69, 9.17) is 23.2 Å². The van der Waals surface area contributed by atoms with E-state index in [9.17, 15) is 5.11 Å². The third-order valence-electron chi connectivity index (χ3n) is 4.04. The number of nitrogens with zero attached hydrogens (tertiary/aromatic N) is 1. The highest BCUT2D eigenvalue weighted by Crippen LogP contribution is 2.46. The van der Waals surface area contributed by atoms with Crippen molar-refractivity contribution in [1.29, 1.82) is 0 Å². The van der Waals surface area contributed by atoms with E-state index >= 15 is 0 Å². The van der Waals surface area contributed by atoms with E-state index in [1.807, 2.05) is 48.5 Å². The van der Waals surface area contributed by atoms with Crippen LogP contribution in [0, 0.1) is 0 Å². The van der Waals surface area contributed by atoms with Gasteiger partial charge in [-0.05, 0) is 46.8 Å². The molecule has 0 bridgehead atoms. The van der Waals surface area contributed by atoms with Crippen molar-refractivity contribution in [3.8, 4) is 20.9 Å². The first-order valence-electron chi connectivity index (χ1n) is 7.84. The van der Waals surface area contributed by atoms with Crippen LogP contribution in [-0.4, -0.2) is 10.1 Å². The van der Waals surface area contributed by atoms with Crippen molar-refractivity contribution in [3.63, 3.8) is 0 Å². The van der Waals surface area contributed by atoms with E-state index < -0.39 is 6.10 Å². The van der Waals surface area contributed by atoms with Crippen LogP contribution in [0.25, 0.3) is 20.9 Å². The van der Waals surface area contributed by atoms with Gasteiger partial charge >= 0.3 is 0 Å². The van der Waals surface area contributed by atoms with Crippen LogP contribution >= 0.6 is 45.9 Å². The quantitative estimate of drug-likeness (QED) is 0.390. The van der Waals surface area contributed by atoms with Crippen LogP contribution in [0.3, 0.4) is 0 Å². The highest BCUT2D eigenvalue weighted by atomic mass is 35.5. The molecule has 0 saturated heterocycles. The Morgan fingerprint density at radius 1 is 1.04 bits per heavy atom. The largest absolute Gasteiger partial charge is 0.384 e. The summed E-state index contributed by atoms with van der Waals surface area (Å²) in [5, 5.41) is 13.9. The van der Waals surface area contributed by atoms with Crippen molar-refractivity contribution >= 4 is 45.9 Å². The highest BCUT2D eigenvalue weighted by Gasteiger charge is 2.24. The Bertz CT molecular complexity index is 1040. The summed E-state index contributed by atoms with van der Waals surface area (Å²) in [6.45, 7) is 0. The fourth-order valence-corrected chi connectivity index (χ4v) is 5.34. The summed E-state index contributed by atoms with van der Waals surface area (Å²) in [4.78, 5) is 6.18. The second-order valence-corrected chi connectivity index (χ2v) is 8.73. The number of aromatic nitrogens is 1. The Balaban J connectivity index is 1.91. The lowest BCUT2D eigenvalue weighted by Gasteiger charge is -2.15. The molecule has 0 amide bonds. The minimum atomic E-state index is -0.792. The average Bonchev–Trinajstić information content (AvgIpc) is 3.28. The second-order valence-electron chi connectivity index (χ2n) is 5.70. The van der Waals surface area contributed by atoms with Gasteiger partial charge in [-0.25, -0.2) is 0 Å². The van der Waals surface area contributed by atoms with Crippen molar-refractivity contribution in [2.24, 2.45) is 0 Å². The van der Waals surface area contributed by atoms with E-state index in [2.05, 4.69) is 10.4 Å². The van der Waals surface area contributed by atoms with Crippen molar-refractivity contribution < 1.29 is 5.11 Å². The normalized spacial score (nSPS) is 12.3. The fourth-order valence-electron chi connectivity index (χ4n) is 2.85. The molecule has 1 unspecified atom stereocenters. The minimum Gasteiger partial charge on any atom is -0.384 e. The van der Waals surface area contributed by atoms with Crippen molar-refractivity contribution in [1.82, 2.24) is 4.98 Å². The number of aliphatic hydroxyl groups is 1. The van der Waals surface area contributed by atoms with Gasteiger partial charge in [0.2, 0.25) is 0 Å². The van der Waals surface area contributed by atoms with Gasteiger partial charge in [-0.3, -0.25) is 4.98 Å². The lowest BCUT2D eigenvalue weighted by atomic mass is 9.95. The molecular formula is C20H13Cl2NOS2. The van der Waals surface area contributed by atoms with Gasteiger partial charge in [-0.2, -0.15) is 0 Å². The lowest BCUT2D eigenvalue weighted by Crippen LogP contribution is -2.01. The predicted octanol–water partition coefficient (Wildman–Crippen LogP) is 6.93. The van der Waals surface area contributed by atoms with Gasteiger partial charge in [-0.15, -0.1) is 22.7 Å². The van der Waals surface area contributed by atoms with Gasteiger partial charge in [0, 0.05) is 33.4 Å². The van der Waals surface area contributed by atoms with Crippen LogP contribution in [0.2, 0.25) is 9.36 Å². The molecule has 26 heavy (non-hydrogen) atoms. The summed E-state index contributed by atoms with van der Waals surface area (Å²) >= 11 is 15.4.